The van der Waals surface area contributed by atoms with Crippen LogP contribution in [0.2, 0.25) is 0 Å². The second-order valence-electron chi connectivity index (χ2n) is 6.77. The zero-order valence-electron chi connectivity index (χ0n) is 14.6. The van der Waals surface area contributed by atoms with Gasteiger partial charge in [-0.2, -0.15) is 0 Å². The molecule has 3 heteroatoms. The van der Waals surface area contributed by atoms with Crippen molar-refractivity contribution in [2.24, 2.45) is 0 Å². The van der Waals surface area contributed by atoms with Crippen LogP contribution in [0.25, 0.3) is 0 Å². The van der Waals surface area contributed by atoms with E-state index in [1.807, 2.05) is 36.1 Å². The number of urea groups is 1. The maximum Gasteiger partial charge on any atom is 0.322 e. The molecule has 0 aromatic heterocycles. The minimum Gasteiger partial charge on any atom is -0.317 e. The third-order valence-corrected chi connectivity index (χ3v) is 4.71. The summed E-state index contributed by atoms with van der Waals surface area (Å²) in [5.41, 5.74) is 4.51. The maximum absolute atomic E-state index is 12.9. The van der Waals surface area contributed by atoms with Crippen molar-refractivity contribution < 1.29 is 4.79 Å². The number of rotatable bonds is 2. The summed E-state index contributed by atoms with van der Waals surface area (Å²) >= 11 is 0. The average Bonchev–Trinajstić information content (AvgIpc) is 2.81. The van der Waals surface area contributed by atoms with Crippen molar-refractivity contribution in [3.05, 3.63) is 65.2 Å². The molecule has 1 aliphatic heterocycles. The standard InChI is InChI=1S/C21H26N2O/c1-16-8-6-10-18(14-16)20-12-4-3-5-13-23(20)21(24)22-19-11-7-9-17(2)15-19/h6-11,14-15,20H,3-5,12-13H2,1-2H3,(H,22,24)/t20-/m0/s1. The smallest absolute Gasteiger partial charge is 0.317 e. The van der Waals surface area contributed by atoms with Gasteiger partial charge in [-0.1, -0.05) is 54.8 Å². The molecular formula is C21H26N2O. The highest BCUT2D eigenvalue weighted by Crippen LogP contribution is 2.31. The fourth-order valence-corrected chi connectivity index (χ4v) is 3.49. The summed E-state index contributed by atoms with van der Waals surface area (Å²) in [6.45, 7) is 4.96. The lowest BCUT2D eigenvalue weighted by Crippen LogP contribution is -2.38. The summed E-state index contributed by atoms with van der Waals surface area (Å²) < 4.78 is 0. The number of benzene rings is 2. The first kappa shape index (κ1) is 16.6. The quantitative estimate of drug-likeness (QED) is 0.783. The van der Waals surface area contributed by atoms with Crippen LogP contribution in [0.15, 0.2) is 48.5 Å². The van der Waals surface area contributed by atoms with Crippen molar-refractivity contribution in [1.82, 2.24) is 4.90 Å². The van der Waals surface area contributed by atoms with Crippen LogP contribution in [0, 0.1) is 13.8 Å². The molecule has 1 atom stereocenters. The monoisotopic (exact) mass is 322 g/mol. The van der Waals surface area contributed by atoms with Gasteiger partial charge in [-0.3, -0.25) is 0 Å². The van der Waals surface area contributed by atoms with E-state index in [1.165, 1.54) is 24.0 Å². The predicted octanol–water partition coefficient (Wildman–Crippen LogP) is 5.45. The van der Waals surface area contributed by atoms with Gasteiger partial charge in [0.2, 0.25) is 0 Å². The Labute approximate surface area is 144 Å². The first-order valence-electron chi connectivity index (χ1n) is 8.84. The van der Waals surface area contributed by atoms with E-state index in [4.69, 9.17) is 0 Å². The van der Waals surface area contributed by atoms with E-state index in [9.17, 15) is 4.79 Å². The molecule has 1 saturated heterocycles. The molecule has 2 aromatic carbocycles. The zero-order valence-corrected chi connectivity index (χ0v) is 14.6. The van der Waals surface area contributed by atoms with Gasteiger partial charge < -0.3 is 10.2 Å². The topological polar surface area (TPSA) is 32.3 Å². The predicted molar refractivity (Wildman–Crippen MR) is 99.3 cm³/mol. The molecule has 0 unspecified atom stereocenters. The van der Waals surface area contributed by atoms with Gasteiger partial charge in [0.1, 0.15) is 0 Å². The maximum atomic E-state index is 12.9. The number of aryl methyl sites for hydroxylation is 2. The lowest BCUT2D eigenvalue weighted by molar-refractivity contribution is 0.189. The zero-order chi connectivity index (χ0) is 16.9. The lowest BCUT2D eigenvalue weighted by atomic mass is 9.99. The van der Waals surface area contributed by atoms with Crippen molar-refractivity contribution in [3.63, 3.8) is 0 Å². The highest BCUT2D eigenvalue weighted by molar-refractivity contribution is 5.89. The molecule has 2 aromatic rings. The molecule has 2 amide bonds. The van der Waals surface area contributed by atoms with Crippen LogP contribution in [0.3, 0.4) is 0 Å². The summed E-state index contributed by atoms with van der Waals surface area (Å²) in [5, 5.41) is 3.08. The highest BCUT2D eigenvalue weighted by Gasteiger charge is 2.26. The Kier molecular flexibility index (Phi) is 5.19. The van der Waals surface area contributed by atoms with Crippen molar-refractivity contribution in [1.29, 1.82) is 0 Å². The first-order chi connectivity index (χ1) is 11.6. The number of likely N-dealkylation sites (tertiary alicyclic amines) is 1. The van der Waals surface area contributed by atoms with Gasteiger partial charge in [0, 0.05) is 12.2 Å². The second-order valence-corrected chi connectivity index (χ2v) is 6.77. The molecule has 0 saturated carbocycles. The molecule has 3 rings (SSSR count). The van der Waals surface area contributed by atoms with Crippen LogP contribution in [0.4, 0.5) is 10.5 Å². The van der Waals surface area contributed by atoms with E-state index in [0.29, 0.717) is 0 Å². The van der Waals surface area contributed by atoms with Crippen LogP contribution in [0.5, 0.6) is 0 Å². The van der Waals surface area contributed by atoms with E-state index in [-0.39, 0.29) is 12.1 Å². The number of hydrogen-bond acceptors (Lipinski definition) is 1. The Morgan fingerprint density at radius 2 is 1.75 bits per heavy atom. The molecule has 1 heterocycles. The molecular weight excluding hydrogens is 296 g/mol. The van der Waals surface area contributed by atoms with Gasteiger partial charge >= 0.3 is 6.03 Å². The van der Waals surface area contributed by atoms with E-state index in [0.717, 1.165) is 30.6 Å². The fraction of sp³-hybridized carbons (Fsp3) is 0.381. The number of anilines is 1. The van der Waals surface area contributed by atoms with Crippen LogP contribution in [-0.2, 0) is 0 Å². The van der Waals surface area contributed by atoms with Crippen molar-refractivity contribution >= 4 is 11.7 Å². The number of hydrogen-bond donors (Lipinski definition) is 1. The minimum atomic E-state index is 0.00834. The van der Waals surface area contributed by atoms with Gasteiger partial charge in [-0.25, -0.2) is 4.79 Å². The van der Waals surface area contributed by atoms with Crippen molar-refractivity contribution in [3.8, 4) is 0 Å². The number of nitrogens with one attached hydrogen (secondary N) is 1. The number of nitrogens with zero attached hydrogens (tertiary/aromatic N) is 1. The van der Waals surface area contributed by atoms with E-state index < -0.39 is 0 Å². The first-order valence-corrected chi connectivity index (χ1v) is 8.84. The van der Waals surface area contributed by atoms with Crippen molar-refractivity contribution in [2.45, 2.75) is 45.6 Å². The number of carbonyl (C=O) groups excluding carboxylic acids is 1. The molecule has 24 heavy (non-hydrogen) atoms. The van der Waals surface area contributed by atoms with Gasteiger partial charge in [-0.15, -0.1) is 0 Å². The van der Waals surface area contributed by atoms with Crippen molar-refractivity contribution in [2.75, 3.05) is 11.9 Å². The molecule has 1 N–H and O–H groups in total. The van der Waals surface area contributed by atoms with Crippen LogP contribution < -0.4 is 5.32 Å². The van der Waals surface area contributed by atoms with Crippen LogP contribution in [0.1, 0.15) is 48.4 Å². The molecule has 1 aliphatic rings. The Balaban J connectivity index is 1.82. The van der Waals surface area contributed by atoms with Gasteiger partial charge in [0.15, 0.2) is 0 Å². The Bertz CT molecular complexity index is 710. The molecule has 0 bridgehead atoms. The van der Waals surface area contributed by atoms with Gasteiger partial charge in [0.25, 0.3) is 0 Å². The number of amides is 2. The summed E-state index contributed by atoms with van der Waals surface area (Å²) in [6.07, 6.45) is 4.47. The molecule has 0 radical (unpaired) electrons. The molecule has 3 nitrogen and oxygen atoms in total. The molecule has 1 fully saturated rings. The Morgan fingerprint density at radius 3 is 2.50 bits per heavy atom. The van der Waals surface area contributed by atoms with E-state index in [1.54, 1.807) is 0 Å². The largest absolute Gasteiger partial charge is 0.322 e. The minimum absolute atomic E-state index is 0.00834. The highest BCUT2D eigenvalue weighted by atomic mass is 16.2. The van der Waals surface area contributed by atoms with Crippen LogP contribution in [-0.4, -0.2) is 17.5 Å². The summed E-state index contributed by atoms with van der Waals surface area (Å²) in [5.74, 6) is 0. The second kappa shape index (κ2) is 7.52. The molecule has 126 valence electrons. The molecule has 0 aliphatic carbocycles. The fourth-order valence-electron chi connectivity index (χ4n) is 3.49. The van der Waals surface area contributed by atoms with Gasteiger partial charge in [0.05, 0.1) is 6.04 Å². The SMILES string of the molecule is Cc1cccc(NC(=O)N2CCCCC[C@H]2c2cccc(C)c2)c1. The average molecular weight is 322 g/mol. The Hall–Kier alpha value is -2.29. The summed E-state index contributed by atoms with van der Waals surface area (Å²) in [6, 6.07) is 16.7. The van der Waals surface area contributed by atoms with E-state index >= 15 is 0 Å². The molecule has 0 spiro atoms. The summed E-state index contributed by atoms with van der Waals surface area (Å²) in [4.78, 5) is 14.9. The third kappa shape index (κ3) is 3.97. The normalized spacial score (nSPS) is 18.1. The Morgan fingerprint density at radius 1 is 1.00 bits per heavy atom. The summed E-state index contributed by atoms with van der Waals surface area (Å²) in [7, 11) is 0. The third-order valence-electron chi connectivity index (χ3n) is 4.71. The lowest BCUT2D eigenvalue weighted by Gasteiger charge is -2.31. The van der Waals surface area contributed by atoms with E-state index in [2.05, 4.69) is 36.5 Å². The number of carbonyl (C=O) groups is 1. The van der Waals surface area contributed by atoms with Gasteiger partial charge in [-0.05, 0) is 49.9 Å². The van der Waals surface area contributed by atoms with Crippen LogP contribution >= 0.6 is 0 Å².